The van der Waals surface area contributed by atoms with E-state index in [-0.39, 0.29) is 11.9 Å². The summed E-state index contributed by atoms with van der Waals surface area (Å²) in [5.74, 6) is 1.28. The van der Waals surface area contributed by atoms with E-state index in [9.17, 15) is 4.79 Å². The van der Waals surface area contributed by atoms with Gasteiger partial charge in [0.1, 0.15) is 6.04 Å². The summed E-state index contributed by atoms with van der Waals surface area (Å²) in [6, 6.07) is 15.7. The predicted octanol–water partition coefficient (Wildman–Crippen LogP) is 3.60. The lowest BCUT2D eigenvalue weighted by Crippen LogP contribution is -2.50. The fourth-order valence-electron chi connectivity index (χ4n) is 4.03. The van der Waals surface area contributed by atoms with Crippen LogP contribution in [0.2, 0.25) is 0 Å². The van der Waals surface area contributed by atoms with Gasteiger partial charge in [0.15, 0.2) is 5.82 Å². The number of benzene rings is 2. The van der Waals surface area contributed by atoms with Gasteiger partial charge < -0.3 is 15.0 Å². The number of aryl methyl sites for hydroxylation is 2. The summed E-state index contributed by atoms with van der Waals surface area (Å²) in [6.07, 6.45) is 3.35. The van der Waals surface area contributed by atoms with Crippen LogP contribution in [0.4, 0.5) is 11.5 Å². The predicted molar refractivity (Wildman–Crippen MR) is 126 cm³/mol. The lowest BCUT2D eigenvalue weighted by Gasteiger charge is -2.39. The number of amides is 1. The zero-order chi connectivity index (χ0) is 22.5. The molecule has 1 amide bonds. The van der Waals surface area contributed by atoms with E-state index in [4.69, 9.17) is 4.74 Å². The molecule has 1 atom stereocenters. The minimum Gasteiger partial charge on any atom is -0.480 e. The number of piperazine rings is 1. The van der Waals surface area contributed by atoms with Crippen LogP contribution in [0.5, 0.6) is 5.88 Å². The molecule has 3 aromatic rings. The summed E-state index contributed by atoms with van der Waals surface area (Å²) in [6.45, 7) is 7.02. The smallest absolute Gasteiger partial charge is 0.246 e. The fourth-order valence-corrected chi connectivity index (χ4v) is 4.03. The standard InChI is InChI=1S/C25H29N5O2/c1-18-9-10-19(2)21(15-18)27-25(31)24(20-7-5-4-6-8-20)30-13-11-29(12-14-30)22-16-26-17-23(28-22)32-3/h4-10,15-17,24H,11-14H2,1-3H3,(H,27,31). The zero-order valence-electron chi connectivity index (χ0n) is 18.8. The quantitative estimate of drug-likeness (QED) is 0.643. The third kappa shape index (κ3) is 4.89. The van der Waals surface area contributed by atoms with Crippen molar-refractivity contribution < 1.29 is 9.53 Å². The average Bonchev–Trinajstić information content (AvgIpc) is 2.83. The molecule has 1 unspecified atom stereocenters. The molecule has 0 saturated carbocycles. The van der Waals surface area contributed by atoms with Crippen molar-refractivity contribution in [2.75, 3.05) is 43.5 Å². The third-order valence-corrected chi connectivity index (χ3v) is 5.83. The van der Waals surface area contributed by atoms with Gasteiger partial charge in [-0.2, -0.15) is 4.98 Å². The maximum atomic E-state index is 13.5. The van der Waals surface area contributed by atoms with Crippen LogP contribution >= 0.6 is 0 Å². The van der Waals surface area contributed by atoms with Crippen LogP contribution < -0.4 is 15.0 Å². The van der Waals surface area contributed by atoms with Gasteiger partial charge in [-0.25, -0.2) is 0 Å². The number of ether oxygens (including phenoxy) is 1. The highest BCUT2D eigenvalue weighted by atomic mass is 16.5. The second-order valence-corrected chi connectivity index (χ2v) is 8.06. The van der Waals surface area contributed by atoms with Gasteiger partial charge in [-0.3, -0.25) is 14.7 Å². The van der Waals surface area contributed by atoms with Gasteiger partial charge >= 0.3 is 0 Å². The van der Waals surface area contributed by atoms with Gasteiger partial charge in [0.2, 0.25) is 11.8 Å². The van der Waals surface area contributed by atoms with Gasteiger partial charge in [0.05, 0.1) is 19.5 Å². The second kappa shape index (κ2) is 9.78. The molecule has 1 fully saturated rings. The van der Waals surface area contributed by atoms with Gasteiger partial charge in [-0.05, 0) is 36.6 Å². The van der Waals surface area contributed by atoms with Crippen LogP contribution in [-0.4, -0.2) is 54.1 Å². The number of rotatable bonds is 6. The number of carbonyl (C=O) groups is 1. The first kappa shape index (κ1) is 21.8. The number of anilines is 2. The molecule has 0 spiro atoms. The molecule has 7 heteroatoms. The molecular weight excluding hydrogens is 402 g/mol. The molecule has 2 aromatic carbocycles. The Morgan fingerprint density at radius 2 is 1.78 bits per heavy atom. The molecule has 1 N–H and O–H groups in total. The first-order chi connectivity index (χ1) is 15.5. The number of hydrogen-bond donors (Lipinski definition) is 1. The molecule has 32 heavy (non-hydrogen) atoms. The highest BCUT2D eigenvalue weighted by Crippen LogP contribution is 2.27. The Balaban J connectivity index is 1.53. The number of methoxy groups -OCH3 is 1. The Morgan fingerprint density at radius 1 is 1.03 bits per heavy atom. The lowest BCUT2D eigenvalue weighted by molar-refractivity contribution is -0.121. The van der Waals surface area contributed by atoms with E-state index in [0.717, 1.165) is 54.4 Å². The number of nitrogens with zero attached hydrogens (tertiary/aromatic N) is 4. The molecule has 4 rings (SSSR count). The lowest BCUT2D eigenvalue weighted by atomic mass is 10.0. The summed E-state index contributed by atoms with van der Waals surface area (Å²) in [4.78, 5) is 26.6. The summed E-state index contributed by atoms with van der Waals surface area (Å²) in [5.41, 5.74) is 4.03. The molecule has 7 nitrogen and oxygen atoms in total. The fraction of sp³-hybridized carbons (Fsp3) is 0.320. The SMILES string of the molecule is COc1cncc(N2CCN(C(C(=O)Nc3cc(C)ccc3C)c3ccccc3)CC2)n1. The Bertz CT molecular complexity index is 1060. The van der Waals surface area contributed by atoms with Crippen molar-refractivity contribution >= 4 is 17.4 Å². The molecule has 0 bridgehead atoms. The highest BCUT2D eigenvalue weighted by Gasteiger charge is 2.31. The Hall–Kier alpha value is -3.45. The van der Waals surface area contributed by atoms with Crippen LogP contribution in [0.15, 0.2) is 60.9 Å². The van der Waals surface area contributed by atoms with E-state index >= 15 is 0 Å². The normalized spacial score (nSPS) is 15.3. The van der Waals surface area contributed by atoms with Crippen LogP contribution in [0.1, 0.15) is 22.7 Å². The first-order valence-corrected chi connectivity index (χ1v) is 10.8. The van der Waals surface area contributed by atoms with Crippen molar-refractivity contribution in [1.29, 1.82) is 0 Å². The molecule has 1 saturated heterocycles. The zero-order valence-corrected chi connectivity index (χ0v) is 18.8. The highest BCUT2D eigenvalue weighted by molar-refractivity contribution is 5.96. The molecule has 1 aliphatic rings. The molecule has 0 radical (unpaired) electrons. The van der Waals surface area contributed by atoms with E-state index in [2.05, 4.69) is 31.2 Å². The molecule has 1 aliphatic heterocycles. The van der Waals surface area contributed by atoms with Crippen LogP contribution in [-0.2, 0) is 4.79 Å². The molecule has 1 aromatic heterocycles. The minimum absolute atomic E-state index is 0.0143. The maximum Gasteiger partial charge on any atom is 0.246 e. The van der Waals surface area contributed by atoms with Crippen molar-refractivity contribution in [2.24, 2.45) is 0 Å². The topological polar surface area (TPSA) is 70.6 Å². The van der Waals surface area contributed by atoms with Gasteiger partial charge in [-0.1, -0.05) is 42.5 Å². The van der Waals surface area contributed by atoms with E-state index in [0.29, 0.717) is 5.88 Å². The minimum atomic E-state index is -0.366. The van der Waals surface area contributed by atoms with Crippen LogP contribution in [0, 0.1) is 13.8 Å². The first-order valence-electron chi connectivity index (χ1n) is 10.8. The van der Waals surface area contributed by atoms with Crippen molar-refractivity contribution in [3.63, 3.8) is 0 Å². The van der Waals surface area contributed by atoms with E-state index in [1.807, 2.05) is 56.3 Å². The number of nitrogens with one attached hydrogen (secondary N) is 1. The van der Waals surface area contributed by atoms with Crippen molar-refractivity contribution in [1.82, 2.24) is 14.9 Å². The van der Waals surface area contributed by atoms with Crippen molar-refractivity contribution in [2.45, 2.75) is 19.9 Å². The average molecular weight is 432 g/mol. The Morgan fingerprint density at radius 3 is 2.50 bits per heavy atom. The summed E-state index contributed by atoms with van der Waals surface area (Å²) in [7, 11) is 1.59. The number of aromatic nitrogens is 2. The molecule has 0 aliphatic carbocycles. The van der Waals surface area contributed by atoms with Crippen LogP contribution in [0.25, 0.3) is 0 Å². The summed E-state index contributed by atoms with van der Waals surface area (Å²) < 4.78 is 5.21. The third-order valence-electron chi connectivity index (χ3n) is 5.83. The van der Waals surface area contributed by atoms with Crippen molar-refractivity contribution in [3.8, 4) is 5.88 Å². The molecular formula is C25H29N5O2. The Kier molecular flexibility index (Phi) is 6.66. The monoisotopic (exact) mass is 431 g/mol. The van der Waals surface area contributed by atoms with Gasteiger partial charge in [0, 0.05) is 31.9 Å². The maximum absolute atomic E-state index is 13.5. The number of hydrogen-bond acceptors (Lipinski definition) is 6. The van der Waals surface area contributed by atoms with Gasteiger partial charge in [-0.15, -0.1) is 0 Å². The van der Waals surface area contributed by atoms with E-state index in [1.165, 1.54) is 0 Å². The molecule has 2 heterocycles. The van der Waals surface area contributed by atoms with Gasteiger partial charge in [0.25, 0.3) is 0 Å². The van der Waals surface area contributed by atoms with E-state index in [1.54, 1.807) is 19.5 Å². The van der Waals surface area contributed by atoms with Crippen molar-refractivity contribution in [3.05, 3.63) is 77.6 Å². The van der Waals surface area contributed by atoms with Crippen LogP contribution in [0.3, 0.4) is 0 Å². The largest absolute Gasteiger partial charge is 0.480 e. The number of carbonyl (C=O) groups excluding carboxylic acids is 1. The summed E-state index contributed by atoms with van der Waals surface area (Å²) in [5, 5.41) is 3.17. The Labute approximate surface area is 189 Å². The second-order valence-electron chi connectivity index (χ2n) is 8.06. The van der Waals surface area contributed by atoms with E-state index < -0.39 is 0 Å². The summed E-state index contributed by atoms with van der Waals surface area (Å²) >= 11 is 0. The molecule has 166 valence electrons.